The van der Waals surface area contributed by atoms with Crippen molar-refractivity contribution in [3.05, 3.63) is 0 Å². The molecule has 0 spiro atoms. The molecule has 0 aromatic heterocycles. The maximum absolute atomic E-state index is 11.9. The number of nitrogens with one attached hydrogen (secondary N) is 1. The normalized spacial score (nSPS) is 29.0. The third-order valence-electron chi connectivity index (χ3n) is 5.01. The van der Waals surface area contributed by atoms with Crippen molar-refractivity contribution in [3.8, 4) is 0 Å². The Kier molecular flexibility index (Phi) is 6.97. The monoisotopic (exact) mass is 296 g/mol. The third kappa shape index (κ3) is 5.26. The molecule has 4 nitrogen and oxygen atoms in total. The molecule has 1 saturated carbocycles. The van der Waals surface area contributed by atoms with Gasteiger partial charge in [0.05, 0.1) is 12.5 Å². The summed E-state index contributed by atoms with van der Waals surface area (Å²) in [5, 5.41) is 3.70. The molecule has 1 saturated heterocycles. The molecule has 1 aliphatic carbocycles. The van der Waals surface area contributed by atoms with Gasteiger partial charge in [-0.25, -0.2) is 0 Å². The van der Waals surface area contributed by atoms with Gasteiger partial charge in [-0.15, -0.1) is 0 Å². The van der Waals surface area contributed by atoms with Crippen LogP contribution in [0.4, 0.5) is 0 Å². The zero-order valence-corrected chi connectivity index (χ0v) is 13.8. The summed E-state index contributed by atoms with van der Waals surface area (Å²) in [5.41, 5.74) is 0. The van der Waals surface area contributed by atoms with Crippen LogP contribution in [-0.4, -0.2) is 49.2 Å². The quantitative estimate of drug-likeness (QED) is 0.765. The lowest BCUT2D eigenvalue weighted by atomic mass is 9.85. The number of hydrogen-bond acceptors (Lipinski definition) is 4. The van der Waals surface area contributed by atoms with E-state index in [2.05, 4.69) is 17.1 Å². The fourth-order valence-corrected chi connectivity index (χ4v) is 3.67. The molecule has 0 aromatic carbocycles. The summed E-state index contributed by atoms with van der Waals surface area (Å²) in [7, 11) is 0. The van der Waals surface area contributed by atoms with Crippen LogP contribution in [0.2, 0.25) is 0 Å². The summed E-state index contributed by atoms with van der Waals surface area (Å²) in [4.78, 5) is 14.5. The highest BCUT2D eigenvalue weighted by Gasteiger charge is 2.28. The molecule has 0 radical (unpaired) electrons. The molecule has 122 valence electrons. The van der Waals surface area contributed by atoms with Crippen LogP contribution in [0.5, 0.6) is 0 Å². The second-order valence-electron chi connectivity index (χ2n) is 6.67. The zero-order chi connectivity index (χ0) is 15.1. The summed E-state index contributed by atoms with van der Waals surface area (Å²) in [5.74, 6) is 0.120. The summed E-state index contributed by atoms with van der Waals surface area (Å²) in [6.07, 6.45) is 8.37. The van der Waals surface area contributed by atoms with Gasteiger partial charge in [-0.05, 0) is 59.0 Å². The van der Waals surface area contributed by atoms with Crippen LogP contribution >= 0.6 is 0 Å². The van der Waals surface area contributed by atoms with Crippen molar-refractivity contribution >= 4 is 5.97 Å². The molecular formula is C17H32N2O2. The van der Waals surface area contributed by atoms with E-state index >= 15 is 0 Å². The number of nitrogens with zero attached hydrogens (tertiary/aromatic N) is 1. The van der Waals surface area contributed by atoms with E-state index < -0.39 is 0 Å². The Morgan fingerprint density at radius 2 is 2.00 bits per heavy atom. The Balaban J connectivity index is 1.70. The Bertz CT molecular complexity index is 316. The smallest absolute Gasteiger partial charge is 0.308 e. The van der Waals surface area contributed by atoms with Crippen molar-refractivity contribution in [3.63, 3.8) is 0 Å². The number of piperidine rings is 1. The van der Waals surface area contributed by atoms with Crippen LogP contribution in [0.1, 0.15) is 58.8 Å². The SMILES string of the molecule is CCOC(=O)C1CCCC(NCC(C)N2CCCCC2)C1. The minimum absolute atomic E-state index is 0.00748. The first-order chi connectivity index (χ1) is 10.2. The van der Waals surface area contributed by atoms with Crippen molar-refractivity contribution in [2.24, 2.45) is 5.92 Å². The topological polar surface area (TPSA) is 41.6 Å². The molecule has 0 amide bonds. The van der Waals surface area contributed by atoms with Crippen molar-refractivity contribution in [1.29, 1.82) is 0 Å². The first kappa shape index (κ1) is 16.8. The molecule has 21 heavy (non-hydrogen) atoms. The van der Waals surface area contributed by atoms with Crippen LogP contribution in [-0.2, 0) is 9.53 Å². The molecule has 2 fully saturated rings. The van der Waals surface area contributed by atoms with Crippen LogP contribution in [0.25, 0.3) is 0 Å². The first-order valence-corrected chi connectivity index (χ1v) is 8.84. The molecule has 0 bridgehead atoms. The fourth-order valence-electron chi connectivity index (χ4n) is 3.67. The Labute approximate surface area is 129 Å². The lowest BCUT2D eigenvalue weighted by molar-refractivity contribution is -0.149. The maximum Gasteiger partial charge on any atom is 0.308 e. The highest BCUT2D eigenvalue weighted by molar-refractivity contribution is 5.72. The van der Waals surface area contributed by atoms with Crippen LogP contribution in [0.15, 0.2) is 0 Å². The average molecular weight is 296 g/mol. The highest BCUT2D eigenvalue weighted by Crippen LogP contribution is 2.25. The molecular weight excluding hydrogens is 264 g/mol. The summed E-state index contributed by atoms with van der Waals surface area (Å²) >= 11 is 0. The molecule has 1 aliphatic heterocycles. The number of esters is 1. The summed E-state index contributed by atoms with van der Waals surface area (Å²) < 4.78 is 5.18. The predicted octanol–water partition coefficient (Wildman–Crippen LogP) is 2.57. The van der Waals surface area contributed by atoms with Crippen molar-refractivity contribution in [1.82, 2.24) is 10.2 Å². The second kappa shape index (κ2) is 8.74. The molecule has 3 unspecified atom stereocenters. The minimum atomic E-state index is 0.00748. The molecule has 0 aromatic rings. The van der Waals surface area contributed by atoms with E-state index in [-0.39, 0.29) is 11.9 Å². The second-order valence-corrected chi connectivity index (χ2v) is 6.67. The Morgan fingerprint density at radius 3 is 2.71 bits per heavy atom. The van der Waals surface area contributed by atoms with Crippen molar-refractivity contribution in [2.75, 3.05) is 26.2 Å². The number of carbonyl (C=O) groups is 1. The van der Waals surface area contributed by atoms with E-state index in [1.165, 1.54) is 38.8 Å². The summed E-state index contributed by atoms with van der Waals surface area (Å²) in [6, 6.07) is 1.09. The number of rotatable bonds is 6. The Morgan fingerprint density at radius 1 is 1.24 bits per heavy atom. The van der Waals surface area contributed by atoms with Gasteiger partial charge in [-0.2, -0.15) is 0 Å². The average Bonchev–Trinajstić information content (AvgIpc) is 2.54. The van der Waals surface area contributed by atoms with Gasteiger partial charge >= 0.3 is 5.97 Å². The van der Waals surface area contributed by atoms with E-state index in [4.69, 9.17) is 4.74 Å². The van der Waals surface area contributed by atoms with Gasteiger partial charge in [0.25, 0.3) is 0 Å². The molecule has 1 heterocycles. The number of likely N-dealkylation sites (tertiary alicyclic amines) is 1. The zero-order valence-electron chi connectivity index (χ0n) is 13.8. The van der Waals surface area contributed by atoms with E-state index in [1.54, 1.807) is 0 Å². The van der Waals surface area contributed by atoms with E-state index in [0.717, 1.165) is 25.8 Å². The van der Waals surface area contributed by atoms with Crippen LogP contribution in [0.3, 0.4) is 0 Å². The number of carbonyl (C=O) groups excluding carboxylic acids is 1. The lowest BCUT2D eigenvalue weighted by Crippen LogP contribution is -2.46. The van der Waals surface area contributed by atoms with E-state index in [0.29, 0.717) is 18.7 Å². The van der Waals surface area contributed by atoms with Crippen molar-refractivity contribution in [2.45, 2.75) is 70.9 Å². The largest absolute Gasteiger partial charge is 0.466 e. The van der Waals surface area contributed by atoms with Gasteiger partial charge in [0.15, 0.2) is 0 Å². The predicted molar refractivity (Wildman–Crippen MR) is 85.3 cm³/mol. The Hall–Kier alpha value is -0.610. The molecule has 2 rings (SSSR count). The van der Waals surface area contributed by atoms with Crippen LogP contribution in [0, 0.1) is 5.92 Å². The molecule has 3 atom stereocenters. The molecule has 2 aliphatic rings. The van der Waals surface area contributed by atoms with Gasteiger partial charge in [0.2, 0.25) is 0 Å². The van der Waals surface area contributed by atoms with Gasteiger partial charge in [0.1, 0.15) is 0 Å². The van der Waals surface area contributed by atoms with Crippen LogP contribution < -0.4 is 5.32 Å². The highest BCUT2D eigenvalue weighted by atomic mass is 16.5. The molecule has 1 N–H and O–H groups in total. The first-order valence-electron chi connectivity index (χ1n) is 8.84. The fraction of sp³-hybridized carbons (Fsp3) is 0.941. The van der Waals surface area contributed by atoms with E-state index in [9.17, 15) is 4.79 Å². The van der Waals surface area contributed by atoms with E-state index in [1.807, 2.05) is 6.92 Å². The minimum Gasteiger partial charge on any atom is -0.466 e. The summed E-state index contributed by atoms with van der Waals surface area (Å²) in [6.45, 7) is 8.25. The van der Waals surface area contributed by atoms with Gasteiger partial charge < -0.3 is 10.1 Å². The number of ether oxygens (including phenoxy) is 1. The van der Waals surface area contributed by atoms with Crippen molar-refractivity contribution < 1.29 is 9.53 Å². The van der Waals surface area contributed by atoms with Gasteiger partial charge in [-0.3, -0.25) is 9.69 Å². The standard InChI is InChI=1S/C17H32N2O2/c1-3-21-17(20)15-8-7-9-16(12-15)18-13-14(2)19-10-5-4-6-11-19/h14-16,18H,3-13H2,1-2H3. The lowest BCUT2D eigenvalue weighted by Gasteiger charge is -2.35. The molecule has 4 heteroatoms. The number of hydrogen-bond donors (Lipinski definition) is 1. The third-order valence-corrected chi connectivity index (χ3v) is 5.01. The van der Waals surface area contributed by atoms with Gasteiger partial charge in [-0.1, -0.05) is 12.8 Å². The van der Waals surface area contributed by atoms with Gasteiger partial charge in [0, 0.05) is 18.6 Å². The maximum atomic E-state index is 11.9.